The molecule has 2 aliphatic rings. The number of benzene rings is 1. The van der Waals surface area contributed by atoms with Crippen LogP contribution in [0.2, 0.25) is 0 Å². The van der Waals surface area contributed by atoms with Crippen LogP contribution in [0.5, 0.6) is 0 Å². The molecular formula is C26H27N9O. The van der Waals surface area contributed by atoms with E-state index in [4.69, 9.17) is 19.7 Å². The summed E-state index contributed by atoms with van der Waals surface area (Å²) in [6, 6.07) is 8.13. The summed E-state index contributed by atoms with van der Waals surface area (Å²) in [5, 5.41) is 3.38. The zero-order valence-electron chi connectivity index (χ0n) is 20.1. The highest BCUT2D eigenvalue weighted by Gasteiger charge is 2.21. The van der Waals surface area contributed by atoms with Gasteiger partial charge in [-0.25, -0.2) is 15.0 Å². The van der Waals surface area contributed by atoms with Crippen molar-refractivity contribution in [3.05, 3.63) is 60.7 Å². The van der Waals surface area contributed by atoms with Crippen molar-refractivity contribution in [1.29, 1.82) is 0 Å². The molecule has 0 radical (unpaired) electrons. The first kappa shape index (κ1) is 22.3. The Morgan fingerprint density at radius 1 is 1.03 bits per heavy atom. The first-order chi connectivity index (χ1) is 17.7. The number of hydrogen-bond acceptors (Lipinski definition) is 9. The summed E-state index contributed by atoms with van der Waals surface area (Å²) < 4.78 is 7.63. The number of ether oxygens (including phenoxy) is 1. The second-order valence-electron chi connectivity index (χ2n) is 8.94. The van der Waals surface area contributed by atoms with Crippen molar-refractivity contribution in [2.75, 3.05) is 36.5 Å². The van der Waals surface area contributed by atoms with Gasteiger partial charge in [-0.15, -0.1) is 0 Å². The van der Waals surface area contributed by atoms with Gasteiger partial charge < -0.3 is 19.5 Å². The van der Waals surface area contributed by atoms with Gasteiger partial charge in [0.25, 0.3) is 0 Å². The summed E-state index contributed by atoms with van der Waals surface area (Å²) in [7, 11) is 0. The number of allylic oxidation sites excluding steroid dienone is 1. The van der Waals surface area contributed by atoms with Gasteiger partial charge in [0.15, 0.2) is 22.8 Å². The summed E-state index contributed by atoms with van der Waals surface area (Å²) in [6.07, 6.45) is 12.4. The maximum Gasteiger partial charge on any atom is 0.231 e. The van der Waals surface area contributed by atoms with Crippen LogP contribution >= 0.6 is 0 Å². The highest BCUT2D eigenvalue weighted by Crippen LogP contribution is 2.27. The SMILES string of the molecule is Cc1cnc(-c2ccc(Nc3nc(N4CCOCC4)c4ncn(CC5CC=CC=N5)c4n3)cc2)nc1. The minimum atomic E-state index is 0.169. The molecule has 5 heterocycles. The van der Waals surface area contributed by atoms with Crippen LogP contribution in [-0.4, -0.2) is 68.0 Å². The van der Waals surface area contributed by atoms with E-state index in [9.17, 15) is 0 Å². The van der Waals surface area contributed by atoms with Crippen LogP contribution in [0, 0.1) is 6.92 Å². The summed E-state index contributed by atoms with van der Waals surface area (Å²) in [6.45, 7) is 5.55. The third kappa shape index (κ3) is 4.67. The Morgan fingerprint density at radius 3 is 2.58 bits per heavy atom. The summed E-state index contributed by atoms with van der Waals surface area (Å²) >= 11 is 0. The lowest BCUT2D eigenvalue weighted by atomic mass is 10.2. The number of dihydropyridines is 1. The minimum Gasteiger partial charge on any atom is -0.378 e. The molecule has 0 amide bonds. The van der Waals surface area contributed by atoms with Gasteiger partial charge in [-0.05, 0) is 49.2 Å². The summed E-state index contributed by atoms with van der Waals surface area (Å²) in [5.41, 5.74) is 4.46. The molecule has 36 heavy (non-hydrogen) atoms. The molecule has 0 aliphatic carbocycles. The van der Waals surface area contributed by atoms with E-state index in [1.54, 1.807) is 0 Å². The fourth-order valence-corrected chi connectivity index (χ4v) is 4.37. The minimum absolute atomic E-state index is 0.169. The molecule has 3 aromatic heterocycles. The number of aryl methyl sites for hydroxylation is 1. The van der Waals surface area contributed by atoms with Crippen LogP contribution in [0.4, 0.5) is 17.5 Å². The van der Waals surface area contributed by atoms with E-state index in [0.717, 1.165) is 53.3 Å². The van der Waals surface area contributed by atoms with E-state index in [0.29, 0.717) is 31.5 Å². The molecule has 10 heteroatoms. The van der Waals surface area contributed by atoms with Gasteiger partial charge in [0, 0.05) is 49.5 Å². The number of nitrogens with one attached hydrogen (secondary N) is 1. The van der Waals surface area contributed by atoms with E-state index in [1.165, 1.54) is 0 Å². The van der Waals surface area contributed by atoms with Crippen LogP contribution in [-0.2, 0) is 11.3 Å². The lowest BCUT2D eigenvalue weighted by Crippen LogP contribution is -2.37. The van der Waals surface area contributed by atoms with E-state index < -0.39 is 0 Å². The number of nitrogens with zero attached hydrogens (tertiary/aromatic N) is 8. The van der Waals surface area contributed by atoms with E-state index in [2.05, 4.69) is 35.8 Å². The Hall–Kier alpha value is -4.18. The Balaban J connectivity index is 1.32. The topological polar surface area (TPSA) is 106 Å². The molecule has 1 aromatic carbocycles. The van der Waals surface area contributed by atoms with Crippen LogP contribution < -0.4 is 10.2 Å². The number of rotatable bonds is 6. The average molecular weight is 482 g/mol. The van der Waals surface area contributed by atoms with Crippen molar-refractivity contribution in [3.8, 4) is 11.4 Å². The molecule has 182 valence electrons. The molecule has 1 unspecified atom stereocenters. The predicted octanol–water partition coefficient (Wildman–Crippen LogP) is 3.57. The second-order valence-corrected chi connectivity index (χ2v) is 8.94. The van der Waals surface area contributed by atoms with E-state index >= 15 is 0 Å². The lowest BCUT2D eigenvalue weighted by molar-refractivity contribution is 0.122. The Bertz CT molecular complexity index is 1400. The van der Waals surface area contributed by atoms with Crippen LogP contribution in [0.3, 0.4) is 0 Å². The zero-order chi connectivity index (χ0) is 24.3. The van der Waals surface area contributed by atoms with Crippen LogP contribution in [0.15, 0.2) is 60.1 Å². The molecule has 1 fully saturated rings. The Kier molecular flexibility index (Phi) is 6.08. The Labute approximate surface area is 208 Å². The molecule has 1 saturated heterocycles. The van der Waals surface area contributed by atoms with Crippen molar-refractivity contribution in [2.45, 2.75) is 25.9 Å². The fourth-order valence-electron chi connectivity index (χ4n) is 4.37. The molecular weight excluding hydrogens is 454 g/mol. The highest BCUT2D eigenvalue weighted by atomic mass is 16.5. The number of hydrogen-bond donors (Lipinski definition) is 1. The smallest absolute Gasteiger partial charge is 0.231 e. The second kappa shape index (κ2) is 9.82. The van der Waals surface area contributed by atoms with Crippen LogP contribution in [0.1, 0.15) is 12.0 Å². The van der Waals surface area contributed by atoms with Crippen molar-refractivity contribution >= 4 is 34.8 Å². The number of anilines is 3. The average Bonchev–Trinajstić information content (AvgIpc) is 3.33. The molecule has 0 bridgehead atoms. The number of aliphatic imine (C=N–C) groups is 1. The van der Waals surface area contributed by atoms with E-state index in [-0.39, 0.29) is 6.04 Å². The maximum atomic E-state index is 5.56. The molecule has 10 nitrogen and oxygen atoms in total. The molecule has 0 spiro atoms. The van der Waals surface area contributed by atoms with Crippen LogP contribution in [0.25, 0.3) is 22.6 Å². The van der Waals surface area contributed by atoms with Gasteiger partial charge in [-0.3, -0.25) is 4.99 Å². The summed E-state index contributed by atoms with van der Waals surface area (Å²) in [5.74, 6) is 2.04. The Morgan fingerprint density at radius 2 is 1.83 bits per heavy atom. The normalized spacial score (nSPS) is 17.6. The lowest BCUT2D eigenvalue weighted by Gasteiger charge is -2.28. The van der Waals surface area contributed by atoms with Crippen molar-refractivity contribution in [2.24, 2.45) is 4.99 Å². The number of imidazole rings is 1. The van der Waals surface area contributed by atoms with Gasteiger partial charge in [-0.2, -0.15) is 9.97 Å². The van der Waals surface area contributed by atoms with Gasteiger partial charge in [0.1, 0.15) is 0 Å². The number of morpholine rings is 1. The standard InChI is InChI=1S/C26H27N9O/c1-18-14-28-23(29-15-18)19-5-7-20(8-6-19)31-26-32-24(34-10-12-36-13-11-34)22-25(33-26)35(17-30-22)16-21-4-2-3-9-27-21/h2-3,5-9,14-15,17,21H,4,10-13,16H2,1H3,(H,31,32,33). The van der Waals surface area contributed by atoms with Crippen molar-refractivity contribution < 1.29 is 4.74 Å². The van der Waals surface area contributed by atoms with Gasteiger partial charge in [0.05, 0.1) is 25.6 Å². The maximum absolute atomic E-state index is 5.56. The van der Waals surface area contributed by atoms with Gasteiger partial charge >= 0.3 is 0 Å². The molecule has 1 atom stereocenters. The molecule has 0 saturated carbocycles. The fraction of sp³-hybridized carbons (Fsp3) is 0.308. The molecule has 1 N–H and O–H groups in total. The summed E-state index contributed by atoms with van der Waals surface area (Å²) in [4.78, 5) is 30.1. The molecule has 6 rings (SSSR count). The van der Waals surface area contributed by atoms with Gasteiger partial charge in [0.2, 0.25) is 5.95 Å². The highest BCUT2D eigenvalue weighted by molar-refractivity contribution is 5.85. The number of aromatic nitrogens is 6. The monoisotopic (exact) mass is 481 g/mol. The largest absolute Gasteiger partial charge is 0.378 e. The first-order valence-electron chi connectivity index (χ1n) is 12.1. The predicted molar refractivity (Wildman–Crippen MR) is 140 cm³/mol. The molecule has 4 aromatic rings. The zero-order valence-corrected chi connectivity index (χ0v) is 20.1. The first-order valence-corrected chi connectivity index (χ1v) is 12.1. The van der Waals surface area contributed by atoms with Crippen molar-refractivity contribution in [1.82, 2.24) is 29.5 Å². The third-order valence-corrected chi connectivity index (χ3v) is 6.27. The van der Waals surface area contributed by atoms with E-state index in [1.807, 2.05) is 62.2 Å². The molecule has 2 aliphatic heterocycles. The van der Waals surface area contributed by atoms with Crippen molar-refractivity contribution in [3.63, 3.8) is 0 Å². The number of fused-ring (bicyclic) bond motifs is 1. The quantitative estimate of drug-likeness (QED) is 0.446. The third-order valence-electron chi connectivity index (χ3n) is 6.27. The van der Waals surface area contributed by atoms with Gasteiger partial charge in [-0.1, -0.05) is 6.08 Å².